The zero-order valence-corrected chi connectivity index (χ0v) is 8.37. The first-order chi connectivity index (χ1) is 3.77. The predicted molar refractivity (Wildman–Crippen MR) is 54.2 cm³/mol. The Labute approximate surface area is 79.8 Å². The average Bonchev–Trinajstić information content (AvgIpc) is 1.66. The molecule has 0 amide bonds. The Morgan fingerprint density at radius 1 is 1.50 bits per heavy atom. The summed E-state index contributed by atoms with van der Waals surface area (Å²) in [5, 5.41) is 3.26. The molecule has 0 aliphatic rings. The Bertz CT molecular complexity index is 80.0. The molecule has 0 atom stereocenters. The lowest BCUT2D eigenvalue weighted by Crippen LogP contribution is -2.29. The predicted octanol–water partition coefficient (Wildman–Crippen LogP) is 1.46. The second kappa shape index (κ2) is 12.0. The molecule has 0 rings (SSSR count). The van der Waals surface area contributed by atoms with Gasteiger partial charge in [-0.1, -0.05) is 13.3 Å². The van der Waals surface area contributed by atoms with Crippen molar-refractivity contribution in [2.75, 3.05) is 6.54 Å². The second-order valence-corrected chi connectivity index (χ2v) is 2.08. The van der Waals surface area contributed by atoms with Crippen molar-refractivity contribution < 1.29 is 0 Å². The van der Waals surface area contributed by atoms with Crippen LogP contribution in [0.4, 0.5) is 0 Å². The largest absolute Gasteiger partial charge is 0.376 e. The van der Waals surface area contributed by atoms with Gasteiger partial charge in [0.2, 0.25) is 0 Å². The van der Waals surface area contributed by atoms with E-state index in [1.54, 1.807) is 0 Å². The molecular weight excluding hydrogens is 191 g/mol. The van der Waals surface area contributed by atoms with Crippen LogP contribution in [-0.4, -0.2) is 11.7 Å². The number of nitrogens with two attached hydrogens (primary N) is 1. The van der Waals surface area contributed by atoms with E-state index < -0.39 is 0 Å². The average molecular weight is 205 g/mol. The van der Waals surface area contributed by atoms with Gasteiger partial charge in [0.05, 0.1) is 0 Å². The monoisotopic (exact) mass is 204 g/mol. The first-order valence-corrected chi connectivity index (χ1v) is 3.21. The van der Waals surface area contributed by atoms with Crippen molar-refractivity contribution in [1.29, 1.82) is 0 Å². The van der Waals surface area contributed by atoms with Crippen molar-refractivity contribution >= 4 is 42.1 Å². The fraction of sp³-hybridized carbons (Fsp3) is 0.800. The summed E-state index contributed by atoms with van der Waals surface area (Å²) < 4.78 is 0. The molecule has 64 valence electrons. The minimum atomic E-state index is 0. The van der Waals surface area contributed by atoms with Crippen LogP contribution in [-0.2, 0) is 0 Å². The Hall–Kier alpha value is 0.270. The van der Waals surface area contributed by atoms with Gasteiger partial charge >= 0.3 is 0 Å². The highest BCUT2D eigenvalue weighted by Gasteiger charge is 1.82. The molecule has 0 bridgehead atoms. The van der Waals surface area contributed by atoms with E-state index in [1.807, 2.05) is 0 Å². The third-order valence-electron chi connectivity index (χ3n) is 0.830. The van der Waals surface area contributed by atoms with Crippen molar-refractivity contribution in [2.45, 2.75) is 19.8 Å². The molecule has 0 aliphatic carbocycles. The number of halogens is 2. The highest BCUT2D eigenvalue weighted by atomic mass is 35.5. The van der Waals surface area contributed by atoms with Gasteiger partial charge in [-0.25, -0.2) is 0 Å². The molecule has 0 radical (unpaired) electrons. The van der Waals surface area contributed by atoms with Gasteiger partial charge in [0.1, 0.15) is 0 Å². The highest BCUT2D eigenvalue weighted by molar-refractivity contribution is 7.80. The fourth-order valence-electron chi connectivity index (χ4n) is 0.388. The van der Waals surface area contributed by atoms with Gasteiger partial charge in [-0.05, 0) is 18.6 Å². The Balaban J connectivity index is -0.000000245. The van der Waals surface area contributed by atoms with Crippen LogP contribution in [0, 0.1) is 0 Å². The first-order valence-electron chi connectivity index (χ1n) is 2.80. The molecule has 0 fully saturated rings. The van der Waals surface area contributed by atoms with Crippen LogP contribution >= 0.6 is 37.0 Å². The fourth-order valence-corrected chi connectivity index (χ4v) is 0.490. The molecule has 0 aromatic rings. The first kappa shape index (κ1) is 16.7. The van der Waals surface area contributed by atoms with Crippen molar-refractivity contribution in [3.8, 4) is 0 Å². The van der Waals surface area contributed by atoms with Crippen LogP contribution in [0.5, 0.6) is 0 Å². The molecule has 3 N–H and O–H groups in total. The molecule has 0 aliphatic heterocycles. The summed E-state index contributed by atoms with van der Waals surface area (Å²) in [7, 11) is 0. The summed E-state index contributed by atoms with van der Waals surface area (Å²) in [6, 6.07) is 0. The van der Waals surface area contributed by atoms with Crippen molar-refractivity contribution in [3.63, 3.8) is 0 Å². The Kier molecular flexibility index (Phi) is 20.0. The van der Waals surface area contributed by atoms with E-state index in [4.69, 9.17) is 5.73 Å². The molecule has 0 spiro atoms. The summed E-state index contributed by atoms with van der Waals surface area (Å²) in [4.78, 5) is 0. The molecule has 10 heavy (non-hydrogen) atoms. The van der Waals surface area contributed by atoms with Gasteiger partial charge in [0, 0.05) is 6.54 Å². The second-order valence-electron chi connectivity index (χ2n) is 1.64. The van der Waals surface area contributed by atoms with Crippen LogP contribution in [0.1, 0.15) is 19.8 Å². The molecular formula is C5H14Cl2N2S. The van der Waals surface area contributed by atoms with Gasteiger partial charge in [0.25, 0.3) is 0 Å². The molecule has 0 aromatic carbocycles. The molecule has 0 unspecified atom stereocenters. The van der Waals surface area contributed by atoms with E-state index in [-0.39, 0.29) is 24.8 Å². The zero-order chi connectivity index (χ0) is 6.41. The molecule has 0 saturated heterocycles. The van der Waals surface area contributed by atoms with Gasteiger partial charge in [0.15, 0.2) is 5.11 Å². The van der Waals surface area contributed by atoms with Crippen LogP contribution < -0.4 is 11.1 Å². The van der Waals surface area contributed by atoms with E-state index in [0.29, 0.717) is 5.11 Å². The Morgan fingerprint density at radius 3 is 2.30 bits per heavy atom. The molecule has 0 heterocycles. The maximum Gasteiger partial charge on any atom is 0.163 e. The van der Waals surface area contributed by atoms with E-state index in [1.165, 1.54) is 6.42 Å². The summed E-state index contributed by atoms with van der Waals surface area (Å²) in [6.07, 6.45) is 2.31. The lowest BCUT2D eigenvalue weighted by molar-refractivity contribution is 0.756. The van der Waals surface area contributed by atoms with Crippen LogP contribution in [0.3, 0.4) is 0 Å². The quantitative estimate of drug-likeness (QED) is 0.541. The number of hydrogen-bond donors (Lipinski definition) is 2. The molecule has 0 saturated carbocycles. The van der Waals surface area contributed by atoms with Crippen LogP contribution in [0.2, 0.25) is 0 Å². The summed E-state index contributed by atoms with van der Waals surface area (Å²) in [5.41, 5.74) is 5.15. The van der Waals surface area contributed by atoms with Crippen molar-refractivity contribution in [1.82, 2.24) is 5.32 Å². The maximum atomic E-state index is 5.15. The van der Waals surface area contributed by atoms with Gasteiger partial charge in [-0.15, -0.1) is 24.8 Å². The van der Waals surface area contributed by atoms with Crippen LogP contribution in [0.15, 0.2) is 0 Å². The van der Waals surface area contributed by atoms with E-state index in [9.17, 15) is 0 Å². The highest BCUT2D eigenvalue weighted by Crippen LogP contribution is 1.80. The van der Waals surface area contributed by atoms with E-state index in [0.717, 1.165) is 13.0 Å². The summed E-state index contributed by atoms with van der Waals surface area (Å²) >= 11 is 4.58. The number of unbranched alkanes of at least 4 members (excludes halogenated alkanes) is 1. The maximum absolute atomic E-state index is 5.15. The minimum Gasteiger partial charge on any atom is -0.376 e. The third-order valence-corrected chi connectivity index (χ3v) is 0.974. The Morgan fingerprint density at radius 2 is 2.00 bits per heavy atom. The van der Waals surface area contributed by atoms with Gasteiger partial charge in [-0.3, -0.25) is 0 Å². The zero-order valence-electron chi connectivity index (χ0n) is 5.92. The standard InChI is InChI=1S/C5H12N2S.2ClH/c1-2-3-4-7-5(6)8;;/h2-4H2,1H3,(H3,6,7,8);2*1H. The normalized spacial score (nSPS) is 6.90. The summed E-state index contributed by atoms with van der Waals surface area (Å²) in [5.74, 6) is 0. The molecule has 5 heteroatoms. The molecule has 0 aromatic heterocycles. The number of nitrogens with one attached hydrogen (secondary N) is 1. The lowest BCUT2D eigenvalue weighted by atomic mass is 10.3. The minimum absolute atomic E-state index is 0. The van der Waals surface area contributed by atoms with Gasteiger partial charge in [-0.2, -0.15) is 0 Å². The number of thiocarbonyl (C=S) groups is 1. The summed E-state index contributed by atoms with van der Waals surface area (Å²) in [6.45, 7) is 3.03. The lowest BCUT2D eigenvalue weighted by Gasteiger charge is -1.98. The molecule has 2 nitrogen and oxygen atoms in total. The topological polar surface area (TPSA) is 38.0 Å². The van der Waals surface area contributed by atoms with Crippen LogP contribution in [0.25, 0.3) is 0 Å². The smallest absolute Gasteiger partial charge is 0.163 e. The number of rotatable bonds is 3. The van der Waals surface area contributed by atoms with E-state index >= 15 is 0 Å². The van der Waals surface area contributed by atoms with Crippen molar-refractivity contribution in [2.24, 2.45) is 5.73 Å². The van der Waals surface area contributed by atoms with Crippen molar-refractivity contribution in [3.05, 3.63) is 0 Å². The number of hydrogen-bond acceptors (Lipinski definition) is 1. The van der Waals surface area contributed by atoms with E-state index in [2.05, 4.69) is 24.5 Å². The SMILES string of the molecule is CCCCNC(N)=S.Cl.Cl. The third kappa shape index (κ3) is 15.7. The van der Waals surface area contributed by atoms with Gasteiger partial charge < -0.3 is 11.1 Å².